The molecule has 0 saturated carbocycles. The number of hydrogen-bond donors (Lipinski definition) is 1. The Labute approximate surface area is 94.5 Å². The van der Waals surface area contributed by atoms with Crippen molar-refractivity contribution in [2.24, 2.45) is 0 Å². The molecule has 0 aliphatic carbocycles. The number of thiophene rings is 1. The van der Waals surface area contributed by atoms with Crippen LogP contribution in [0.1, 0.15) is 24.3 Å². The monoisotopic (exact) mass is 227 g/mol. The summed E-state index contributed by atoms with van der Waals surface area (Å²) in [7, 11) is 0. The van der Waals surface area contributed by atoms with Crippen LogP contribution in [0.4, 0.5) is 0 Å². The average Bonchev–Trinajstić information content (AvgIpc) is 2.61. The first-order chi connectivity index (χ1) is 7.15. The first-order valence-corrected chi connectivity index (χ1v) is 5.96. The van der Waals surface area contributed by atoms with Crippen LogP contribution >= 0.6 is 11.3 Å². The fraction of sp³-hybridized carbons (Fsp3) is 0.545. The van der Waals surface area contributed by atoms with Gasteiger partial charge in [-0.3, -0.25) is 10.1 Å². The lowest BCUT2D eigenvalue weighted by Crippen LogP contribution is -2.34. The summed E-state index contributed by atoms with van der Waals surface area (Å²) in [6.45, 7) is 6.86. The van der Waals surface area contributed by atoms with Crippen LogP contribution in [0.3, 0.4) is 0 Å². The number of carbonyl (C=O) groups excluding carboxylic acids is 1. The molecule has 3 nitrogen and oxygen atoms in total. The van der Waals surface area contributed by atoms with Crippen LogP contribution in [0.15, 0.2) is 11.4 Å². The Balaban J connectivity index is 2.37. The van der Waals surface area contributed by atoms with Gasteiger partial charge < -0.3 is 4.74 Å². The lowest BCUT2D eigenvalue weighted by Gasteiger charge is -2.11. The quantitative estimate of drug-likeness (QED) is 0.783. The SMILES string of the molecule is CCOC(=O)C(C)NCc1sccc1C. The van der Waals surface area contributed by atoms with Gasteiger partial charge in [0.2, 0.25) is 0 Å². The molecule has 0 radical (unpaired) electrons. The van der Waals surface area contributed by atoms with Crippen LogP contribution in [0.2, 0.25) is 0 Å². The molecule has 1 N–H and O–H groups in total. The van der Waals surface area contributed by atoms with Crippen molar-refractivity contribution in [1.82, 2.24) is 5.32 Å². The molecule has 1 aromatic heterocycles. The van der Waals surface area contributed by atoms with Crippen molar-refractivity contribution in [3.8, 4) is 0 Å². The molecule has 0 aliphatic rings. The first kappa shape index (κ1) is 12.2. The second kappa shape index (κ2) is 5.88. The third-order valence-electron chi connectivity index (χ3n) is 2.18. The van der Waals surface area contributed by atoms with Gasteiger partial charge in [0.15, 0.2) is 0 Å². The van der Waals surface area contributed by atoms with Gasteiger partial charge in [-0.1, -0.05) is 0 Å². The Kier molecular flexibility index (Phi) is 4.78. The van der Waals surface area contributed by atoms with Crippen LogP contribution in [0, 0.1) is 6.92 Å². The van der Waals surface area contributed by atoms with Crippen molar-refractivity contribution in [3.63, 3.8) is 0 Å². The summed E-state index contributed by atoms with van der Waals surface area (Å²) in [5.41, 5.74) is 1.27. The fourth-order valence-electron chi connectivity index (χ4n) is 1.18. The minimum atomic E-state index is -0.244. The average molecular weight is 227 g/mol. The summed E-state index contributed by atoms with van der Waals surface area (Å²) in [5, 5.41) is 5.20. The molecule has 15 heavy (non-hydrogen) atoms. The summed E-state index contributed by atoms with van der Waals surface area (Å²) < 4.78 is 4.91. The molecule has 1 aromatic rings. The maximum atomic E-state index is 11.3. The lowest BCUT2D eigenvalue weighted by molar-refractivity contribution is -0.145. The van der Waals surface area contributed by atoms with Crippen molar-refractivity contribution in [2.75, 3.05) is 6.61 Å². The first-order valence-electron chi connectivity index (χ1n) is 5.08. The van der Waals surface area contributed by atoms with Gasteiger partial charge in [0, 0.05) is 11.4 Å². The van der Waals surface area contributed by atoms with E-state index < -0.39 is 0 Å². The zero-order valence-corrected chi connectivity index (χ0v) is 10.2. The van der Waals surface area contributed by atoms with E-state index in [9.17, 15) is 4.79 Å². The second-order valence-electron chi connectivity index (χ2n) is 3.38. The minimum Gasteiger partial charge on any atom is -0.465 e. The van der Waals surface area contributed by atoms with E-state index in [1.807, 2.05) is 13.8 Å². The van der Waals surface area contributed by atoms with E-state index in [2.05, 4.69) is 23.7 Å². The highest BCUT2D eigenvalue weighted by molar-refractivity contribution is 7.10. The van der Waals surface area contributed by atoms with Gasteiger partial charge in [-0.2, -0.15) is 0 Å². The Hall–Kier alpha value is -0.870. The molecule has 0 spiro atoms. The molecule has 0 amide bonds. The molecule has 84 valence electrons. The number of nitrogens with one attached hydrogen (secondary N) is 1. The van der Waals surface area contributed by atoms with Gasteiger partial charge in [0.1, 0.15) is 6.04 Å². The van der Waals surface area contributed by atoms with E-state index in [0.717, 1.165) is 6.54 Å². The largest absolute Gasteiger partial charge is 0.465 e. The third-order valence-corrected chi connectivity index (χ3v) is 3.20. The number of hydrogen-bond acceptors (Lipinski definition) is 4. The molecule has 1 unspecified atom stereocenters. The van der Waals surface area contributed by atoms with E-state index in [4.69, 9.17) is 4.74 Å². The predicted molar refractivity (Wildman–Crippen MR) is 62.0 cm³/mol. The fourth-order valence-corrected chi connectivity index (χ4v) is 2.04. The van der Waals surface area contributed by atoms with Gasteiger partial charge in [-0.25, -0.2) is 0 Å². The molecule has 1 rings (SSSR count). The molecule has 0 fully saturated rings. The van der Waals surface area contributed by atoms with Crippen LogP contribution in [-0.2, 0) is 16.1 Å². The van der Waals surface area contributed by atoms with Gasteiger partial charge in [-0.15, -0.1) is 11.3 Å². The van der Waals surface area contributed by atoms with Gasteiger partial charge >= 0.3 is 5.97 Å². The number of esters is 1. The van der Waals surface area contributed by atoms with Gasteiger partial charge in [0.25, 0.3) is 0 Å². The number of rotatable bonds is 5. The zero-order valence-electron chi connectivity index (χ0n) is 9.37. The number of carbonyl (C=O) groups is 1. The predicted octanol–water partition coefficient (Wildman–Crippen LogP) is 2.10. The van der Waals surface area contributed by atoms with Gasteiger partial charge in [0.05, 0.1) is 6.61 Å². The van der Waals surface area contributed by atoms with Crippen LogP contribution in [-0.4, -0.2) is 18.6 Å². The molecular formula is C11H17NO2S. The number of ether oxygens (including phenoxy) is 1. The normalized spacial score (nSPS) is 12.5. The van der Waals surface area contributed by atoms with Crippen LogP contribution in [0.5, 0.6) is 0 Å². The highest BCUT2D eigenvalue weighted by atomic mass is 32.1. The van der Waals surface area contributed by atoms with Crippen molar-refractivity contribution in [3.05, 3.63) is 21.9 Å². The smallest absolute Gasteiger partial charge is 0.322 e. The van der Waals surface area contributed by atoms with Gasteiger partial charge in [-0.05, 0) is 37.8 Å². The third kappa shape index (κ3) is 3.64. The van der Waals surface area contributed by atoms with E-state index in [1.54, 1.807) is 11.3 Å². The number of aryl methyl sites for hydroxylation is 1. The molecule has 0 aliphatic heterocycles. The molecule has 0 saturated heterocycles. The lowest BCUT2D eigenvalue weighted by atomic mass is 10.2. The van der Waals surface area contributed by atoms with E-state index in [0.29, 0.717) is 6.61 Å². The Morgan fingerprint density at radius 1 is 1.67 bits per heavy atom. The van der Waals surface area contributed by atoms with Crippen molar-refractivity contribution in [2.45, 2.75) is 33.4 Å². The molecule has 1 heterocycles. The molecule has 1 atom stereocenters. The van der Waals surface area contributed by atoms with E-state index in [-0.39, 0.29) is 12.0 Å². The van der Waals surface area contributed by atoms with Crippen molar-refractivity contribution >= 4 is 17.3 Å². The van der Waals surface area contributed by atoms with Crippen molar-refractivity contribution < 1.29 is 9.53 Å². The maximum absolute atomic E-state index is 11.3. The molecule has 0 bridgehead atoms. The Morgan fingerprint density at radius 2 is 2.40 bits per heavy atom. The second-order valence-corrected chi connectivity index (χ2v) is 4.38. The van der Waals surface area contributed by atoms with E-state index >= 15 is 0 Å². The van der Waals surface area contributed by atoms with Crippen LogP contribution < -0.4 is 5.32 Å². The van der Waals surface area contributed by atoms with Crippen LogP contribution in [0.25, 0.3) is 0 Å². The van der Waals surface area contributed by atoms with E-state index in [1.165, 1.54) is 10.4 Å². The summed E-state index contributed by atoms with van der Waals surface area (Å²) >= 11 is 1.70. The standard InChI is InChI=1S/C11H17NO2S/c1-4-14-11(13)9(3)12-7-10-8(2)5-6-15-10/h5-6,9,12H,4,7H2,1-3H3. The Bertz CT molecular complexity index is 322. The Morgan fingerprint density at radius 3 is 2.93 bits per heavy atom. The maximum Gasteiger partial charge on any atom is 0.322 e. The molecule has 0 aromatic carbocycles. The minimum absolute atomic E-state index is 0.188. The topological polar surface area (TPSA) is 38.3 Å². The highest BCUT2D eigenvalue weighted by Gasteiger charge is 2.13. The summed E-state index contributed by atoms with van der Waals surface area (Å²) in [4.78, 5) is 12.6. The molecular weight excluding hydrogens is 210 g/mol. The summed E-state index contributed by atoms with van der Waals surface area (Å²) in [6, 6.07) is 1.84. The zero-order chi connectivity index (χ0) is 11.3. The molecule has 4 heteroatoms. The van der Waals surface area contributed by atoms with Crippen molar-refractivity contribution in [1.29, 1.82) is 0 Å². The highest BCUT2D eigenvalue weighted by Crippen LogP contribution is 2.14. The summed E-state index contributed by atoms with van der Waals surface area (Å²) in [6.07, 6.45) is 0. The summed E-state index contributed by atoms with van der Waals surface area (Å²) in [5.74, 6) is -0.188.